The number of hydrogen-bond acceptors (Lipinski definition) is 2. The second kappa shape index (κ2) is 6.50. The molecule has 0 radical (unpaired) electrons. The molecule has 2 aliphatic rings. The van der Waals surface area contributed by atoms with Gasteiger partial charge in [-0.3, -0.25) is 0 Å². The summed E-state index contributed by atoms with van der Waals surface area (Å²) in [5.41, 5.74) is 1.05. The number of ether oxygens (including phenoxy) is 1. The predicted octanol–water partition coefficient (Wildman–Crippen LogP) is 3.19. The van der Waals surface area contributed by atoms with Crippen molar-refractivity contribution in [2.45, 2.75) is 37.5 Å². The highest BCUT2D eigenvalue weighted by Crippen LogP contribution is 2.29. The Morgan fingerprint density at radius 3 is 2.57 bits per heavy atom. The third-order valence-corrected chi connectivity index (χ3v) is 4.20. The van der Waals surface area contributed by atoms with E-state index in [1.54, 1.807) is 0 Å². The minimum atomic E-state index is -0.113. The second-order valence-corrected chi connectivity index (χ2v) is 5.93. The summed E-state index contributed by atoms with van der Waals surface area (Å²) in [4.78, 5) is 12.1. The van der Waals surface area contributed by atoms with Crippen molar-refractivity contribution in [1.29, 1.82) is 0 Å². The second-order valence-electron chi connectivity index (χ2n) is 5.50. The van der Waals surface area contributed by atoms with Crippen LogP contribution in [0.1, 0.15) is 30.9 Å². The number of carbonyl (C=O) groups excluding carboxylic acids is 1. The fraction of sp³-hybridized carbons (Fsp3) is 0.438. The van der Waals surface area contributed by atoms with E-state index in [9.17, 15) is 4.79 Å². The van der Waals surface area contributed by atoms with E-state index in [0.717, 1.165) is 24.8 Å². The lowest BCUT2D eigenvalue weighted by molar-refractivity contribution is 0.0998. The standard InChI is InChI=1S/C16H19ClN2O2/c17-12-7-5-11(6-8-12)15-14(9-10-21-15)19-16(20)18-13-3-1-2-4-13/h1-2,5-8,13-15H,3-4,9-10H2,(H2,18,19,20)/t14-,15+/m1/s1. The first-order chi connectivity index (χ1) is 10.2. The Morgan fingerprint density at radius 2 is 1.86 bits per heavy atom. The fourth-order valence-corrected chi connectivity index (χ4v) is 2.97. The maximum atomic E-state index is 12.1. The number of hydrogen-bond donors (Lipinski definition) is 2. The van der Waals surface area contributed by atoms with Crippen LogP contribution < -0.4 is 10.6 Å². The van der Waals surface area contributed by atoms with E-state index < -0.39 is 0 Å². The van der Waals surface area contributed by atoms with Crippen molar-refractivity contribution in [2.75, 3.05) is 6.61 Å². The topological polar surface area (TPSA) is 50.4 Å². The van der Waals surface area contributed by atoms with Crippen LogP contribution in [0.2, 0.25) is 5.02 Å². The van der Waals surface area contributed by atoms with E-state index >= 15 is 0 Å². The monoisotopic (exact) mass is 306 g/mol. The molecule has 1 fully saturated rings. The maximum absolute atomic E-state index is 12.1. The van der Waals surface area contributed by atoms with Gasteiger partial charge < -0.3 is 15.4 Å². The molecule has 1 saturated heterocycles. The summed E-state index contributed by atoms with van der Waals surface area (Å²) < 4.78 is 5.76. The Labute approximate surface area is 129 Å². The molecule has 2 amide bonds. The highest BCUT2D eigenvalue weighted by molar-refractivity contribution is 6.30. The molecule has 0 bridgehead atoms. The quantitative estimate of drug-likeness (QED) is 0.843. The summed E-state index contributed by atoms with van der Waals surface area (Å²) in [6.45, 7) is 0.656. The van der Waals surface area contributed by atoms with Crippen LogP contribution in [0.25, 0.3) is 0 Å². The summed E-state index contributed by atoms with van der Waals surface area (Å²) in [6.07, 6.45) is 6.74. The van der Waals surface area contributed by atoms with E-state index in [4.69, 9.17) is 16.3 Å². The van der Waals surface area contributed by atoms with Crippen molar-refractivity contribution in [3.8, 4) is 0 Å². The zero-order valence-electron chi connectivity index (χ0n) is 11.7. The zero-order valence-corrected chi connectivity index (χ0v) is 12.5. The van der Waals surface area contributed by atoms with Gasteiger partial charge in [0.25, 0.3) is 0 Å². The molecule has 1 aromatic carbocycles. The number of carbonyl (C=O) groups is 1. The van der Waals surface area contributed by atoms with Crippen molar-refractivity contribution < 1.29 is 9.53 Å². The van der Waals surface area contributed by atoms with Gasteiger partial charge in [-0.25, -0.2) is 4.79 Å². The normalized spacial score (nSPS) is 25.2. The molecule has 5 heteroatoms. The van der Waals surface area contributed by atoms with E-state index in [1.165, 1.54) is 0 Å². The van der Waals surface area contributed by atoms with Crippen LogP contribution in [-0.2, 0) is 4.74 Å². The molecule has 0 unspecified atom stereocenters. The molecule has 4 nitrogen and oxygen atoms in total. The van der Waals surface area contributed by atoms with Crippen LogP contribution in [0.5, 0.6) is 0 Å². The Kier molecular flexibility index (Phi) is 4.46. The molecule has 1 aliphatic carbocycles. The van der Waals surface area contributed by atoms with Crippen molar-refractivity contribution >= 4 is 17.6 Å². The van der Waals surface area contributed by atoms with E-state index in [2.05, 4.69) is 22.8 Å². The highest BCUT2D eigenvalue weighted by atomic mass is 35.5. The van der Waals surface area contributed by atoms with Crippen LogP contribution in [0.15, 0.2) is 36.4 Å². The molecule has 2 atom stereocenters. The molecule has 3 rings (SSSR count). The number of amides is 2. The Hall–Kier alpha value is -1.52. The number of nitrogens with one attached hydrogen (secondary N) is 2. The minimum absolute atomic E-state index is 0.000498. The molecule has 0 aromatic heterocycles. The minimum Gasteiger partial charge on any atom is -0.371 e. The van der Waals surface area contributed by atoms with Gasteiger partial charge >= 0.3 is 6.03 Å². The van der Waals surface area contributed by atoms with Gasteiger partial charge in [0.15, 0.2) is 0 Å². The van der Waals surface area contributed by atoms with E-state index in [1.807, 2.05) is 24.3 Å². The van der Waals surface area contributed by atoms with Crippen molar-refractivity contribution in [3.63, 3.8) is 0 Å². The SMILES string of the molecule is O=C(NC1CC=CC1)N[C@@H]1CCO[C@H]1c1ccc(Cl)cc1. The van der Waals surface area contributed by atoms with Gasteiger partial charge in [-0.2, -0.15) is 0 Å². The Morgan fingerprint density at radius 1 is 1.14 bits per heavy atom. The first kappa shape index (κ1) is 14.4. The third kappa shape index (κ3) is 3.57. The lowest BCUT2D eigenvalue weighted by atomic mass is 10.0. The van der Waals surface area contributed by atoms with E-state index in [0.29, 0.717) is 11.6 Å². The number of rotatable bonds is 3. The van der Waals surface area contributed by atoms with Gasteiger partial charge in [-0.1, -0.05) is 35.9 Å². The molecule has 1 heterocycles. The van der Waals surface area contributed by atoms with E-state index in [-0.39, 0.29) is 24.2 Å². The van der Waals surface area contributed by atoms with Gasteiger partial charge in [0, 0.05) is 17.7 Å². The molecule has 1 aromatic rings. The summed E-state index contributed by atoms with van der Waals surface area (Å²) in [5.74, 6) is 0. The Bertz CT molecular complexity index is 522. The van der Waals surface area contributed by atoms with Crippen LogP contribution in [0.4, 0.5) is 4.79 Å². The van der Waals surface area contributed by atoms with Crippen molar-refractivity contribution in [2.24, 2.45) is 0 Å². The van der Waals surface area contributed by atoms with Gasteiger partial charge in [-0.05, 0) is 37.0 Å². The summed E-state index contributed by atoms with van der Waals surface area (Å²) in [6, 6.07) is 7.71. The molecule has 1 aliphatic heterocycles. The molecule has 112 valence electrons. The van der Waals surface area contributed by atoms with Gasteiger partial charge in [0.1, 0.15) is 6.10 Å². The van der Waals surface area contributed by atoms with Crippen LogP contribution in [-0.4, -0.2) is 24.7 Å². The highest BCUT2D eigenvalue weighted by Gasteiger charge is 2.31. The average molecular weight is 307 g/mol. The van der Waals surface area contributed by atoms with Crippen LogP contribution >= 0.6 is 11.6 Å². The summed E-state index contributed by atoms with van der Waals surface area (Å²) >= 11 is 5.91. The number of halogens is 1. The third-order valence-electron chi connectivity index (χ3n) is 3.95. The summed E-state index contributed by atoms with van der Waals surface area (Å²) in [7, 11) is 0. The number of benzene rings is 1. The predicted molar refractivity (Wildman–Crippen MR) is 82.4 cm³/mol. The maximum Gasteiger partial charge on any atom is 0.315 e. The molecular weight excluding hydrogens is 288 g/mol. The molecular formula is C16H19ClN2O2. The van der Waals surface area contributed by atoms with Crippen molar-refractivity contribution in [3.05, 3.63) is 47.0 Å². The summed E-state index contributed by atoms with van der Waals surface area (Å²) in [5, 5.41) is 6.73. The van der Waals surface area contributed by atoms with Gasteiger partial charge in [-0.15, -0.1) is 0 Å². The molecule has 0 spiro atoms. The van der Waals surface area contributed by atoms with Gasteiger partial charge in [0.2, 0.25) is 0 Å². The van der Waals surface area contributed by atoms with Crippen LogP contribution in [0.3, 0.4) is 0 Å². The smallest absolute Gasteiger partial charge is 0.315 e. The van der Waals surface area contributed by atoms with Crippen LogP contribution in [0, 0.1) is 0 Å². The average Bonchev–Trinajstić information content (AvgIpc) is 3.11. The first-order valence-electron chi connectivity index (χ1n) is 7.31. The number of urea groups is 1. The van der Waals surface area contributed by atoms with Gasteiger partial charge in [0.05, 0.1) is 6.04 Å². The fourth-order valence-electron chi connectivity index (χ4n) is 2.85. The first-order valence-corrected chi connectivity index (χ1v) is 7.69. The molecule has 0 saturated carbocycles. The van der Waals surface area contributed by atoms with Crippen molar-refractivity contribution in [1.82, 2.24) is 10.6 Å². The molecule has 21 heavy (non-hydrogen) atoms. The lowest BCUT2D eigenvalue weighted by Crippen LogP contribution is -2.46. The Balaban J connectivity index is 1.58. The lowest BCUT2D eigenvalue weighted by Gasteiger charge is -2.22. The zero-order chi connectivity index (χ0) is 14.7. The molecule has 2 N–H and O–H groups in total. The largest absolute Gasteiger partial charge is 0.371 e.